The van der Waals surface area contributed by atoms with Gasteiger partial charge in [-0.15, -0.1) is 11.3 Å². The standard InChI is InChI=1S/C13H12ClNOS/c1-8-3-4-10(11(14)5-8)6-13(16)12-7-17-9(2)15-12/h3-5,7H,6H2,1-2H3. The topological polar surface area (TPSA) is 30.0 Å². The van der Waals surface area contributed by atoms with Crippen molar-refractivity contribution >= 4 is 28.7 Å². The summed E-state index contributed by atoms with van der Waals surface area (Å²) >= 11 is 7.58. The van der Waals surface area contributed by atoms with Gasteiger partial charge in [0.2, 0.25) is 0 Å². The van der Waals surface area contributed by atoms with Crippen LogP contribution in [0.4, 0.5) is 0 Å². The van der Waals surface area contributed by atoms with E-state index in [0.29, 0.717) is 17.1 Å². The Morgan fingerprint density at radius 1 is 1.41 bits per heavy atom. The molecule has 0 aliphatic carbocycles. The first-order valence-electron chi connectivity index (χ1n) is 5.26. The fourth-order valence-electron chi connectivity index (χ4n) is 1.55. The summed E-state index contributed by atoms with van der Waals surface area (Å²) in [6, 6.07) is 5.73. The van der Waals surface area contributed by atoms with Crippen LogP contribution < -0.4 is 0 Å². The lowest BCUT2D eigenvalue weighted by Crippen LogP contribution is -2.04. The number of aryl methyl sites for hydroxylation is 2. The second-order valence-electron chi connectivity index (χ2n) is 3.95. The highest BCUT2D eigenvalue weighted by Crippen LogP contribution is 2.20. The zero-order valence-electron chi connectivity index (χ0n) is 9.66. The third kappa shape index (κ3) is 2.93. The molecule has 17 heavy (non-hydrogen) atoms. The van der Waals surface area contributed by atoms with Crippen LogP contribution in [-0.4, -0.2) is 10.8 Å². The fourth-order valence-corrected chi connectivity index (χ4v) is 2.47. The maximum Gasteiger partial charge on any atom is 0.186 e. The zero-order valence-corrected chi connectivity index (χ0v) is 11.2. The van der Waals surface area contributed by atoms with Gasteiger partial charge in [-0.05, 0) is 31.0 Å². The summed E-state index contributed by atoms with van der Waals surface area (Å²) in [4.78, 5) is 16.1. The highest BCUT2D eigenvalue weighted by Gasteiger charge is 2.12. The molecule has 0 aliphatic rings. The summed E-state index contributed by atoms with van der Waals surface area (Å²) in [5.41, 5.74) is 2.48. The number of Topliss-reactive ketones (excluding diaryl/α,β-unsaturated/α-hetero) is 1. The number of rotatable bonds is 3. The predicted molar refractivity (Wildman–Crippen MR) is 71.1 cm³/mol. The van der Waals surface area contributed by atoms with Gasteiger partial charge in [0.1, 0.15) is 5.69 Å². The Labute approximate surface area is 109 Å². The van der Waals surface area contributed by atoms with Gasteiger partial charge in [-0.25, -0.2) is 4.98 Å². The van der Waals surface area contributed by atoms with E-state index in [4.69, 9.17) is 11.6 Å². The molecule has 0 aliphatic heterocycles. The first-order valence-corrected chi connectivity index (χ1v) is 6.52. The Bertz CT molecular complexity index is 562. The van der Waals surface area contributed by atoms with Gasteiger partial charge in [0.15, 0.2) is 5.78 Å². The van der Waals surface area contributed by atoms with Crippen molar-refractivity contribution in [2.75, 3.05) is 0 Å². The van der Waals surface area contributed by atoms with E-state index in [0.717, 1.165) is 16.1 Å². The van der Waals surface area contributed by atoms with Gasteiger partial charge in [-0.1, -0.05) is 23.7 Å². The van der Waals surface area contributed by atoms with Crippen molar-refractivity contribution in [1.29, 1.82) is 0 Å². The molecule has 0 radical (unpaired) electrons. The van der Waals surface area contributed by atoms with E-state index in [1.54, 1.807) is 5.38 Å². The number of thiazole rings is 1. The van der Waals surface area contributed by atoms with Gasteiger partial charge >= 0.3 is 0 Å². The zero-order chi connectivity index (χ0) is 12.4. The molecule has 88 valence electrons. The number of halogens is 1. The lowest BCUT2D eigenvalue weighted by atomic mass is 10.1. The van der Waals surface area contributed by atoms with Crippen LogP contribution in [0.1, 0.15) is 26.6 Å². The second-order valence-corrected chi connectivity index (χ2v) is 5.42. The SMILES string of the molecule is Cc1ccc(CC(=O)c2csc(C)n2)c(Cl)c1. The number of carbonyl (C=O) groups excluding carboxylic acids is 1. The highest BCUT2D eigenvalue weighted by molar-refractivity contribution is 7.09. The third-order valence-electron chi connectivity index (χ3n) is 2.46. The largest absolute Gasteiger partial charge is 0.292 e. The molecule has 0 atom stereocenters. The monoisotopic (exact) mass is 265 g/mol. The van der Waals surface area contributed by atoms with Crippen molar-refractivity contribution in [2.24, 2.45) is 0 Å². The molecule has 0 unspecified atom stereocenters. The van der Waals surface area contributed by atoms with E-state index in [9.17, 15) is 4.79 Å². The van der Waals surface area contributed by atoms with Gasteiger partial charge in [0.05, 0.1) is 5.01 Å². The second kappa shape index (κ2) is 4.98. The summed E-state index contributed by atoms with van der Waals surface area (Å²) in [7, 11) is 0. The first-order chi connectivity index (χ1) is 8.06. The molecular weight excluding hydrogens is 254 g/mol. The summed E-state index contributed by atoms with van der Waals surface area (Å²) in [6.07, 6.45) is 0.308. The van der Waals surface area contributed by atoms with Crippen LogP contribution in [0.25, 0.3) is 0 Å². The van der Waals surface area contributed by atoms with Crippen LogP contribution in [-0.2, 0) is 6.42 Å². The molecule has 1 aromatic heterocycles. The van der Waals surface area contributed by atoms with E-state index < -0.39 is 0 Å². The molecule has 2 aromatic rings. The Morgan fingerprint density at radius 3 is 2.76 bits per heavy atom. The van der Waals surface area contributed by atoms with Crippen molar-refractivity contribution in [3.63, 3.8) is 0 Å². The maximum absolute atomic E-state index is 12.0. The van der Waals surface area contributed by atoms with Crippen LogP contribution in [0.15, 0.2) is 23.6 Å². The quantitative estimate of drug-likeness (QED) is 0.790. The molecule has 0 N–H and O–H groups in total. The van der Waals surface area contributed by atoms with E-state index in [-0.39, 0.29) is 5.78 Å². The Balaban J connectivity index is 2.18. The average molecular weight is 266 g/mol. The molecular formula is C13H12ClNOS. The molecule has 1 aromatic carbocycles. The molecule has 0 amide bonds. The van der Waals surface area contributed by atoms with E-state index in [1.165, 1.54) is 11.3 Å². The Morgan fingerprint density at radius 2 is 2.18 bits per heavy atom. The smallest absolute Gasteiger partial charge is 0.186 e. The molecule has 1 heterocycles. The van der Waals surface area contributed by atoms with Gasteiger partial charge in [0.25, 0.3) is 0 Å². The number of hydrogen-bond acceptors (Lipinski definition) is 3. The van der Waals surface area contributed by atoms with Crippen LogP contribution in [0.5, 0.6) is 0 Å². The molecule has 4 heteroatoms. The fraction of sp³-hybridized carbons (Fsp3) is 0.231. The lowest BCUT2D eigenvalue weighted by Gasteiger charge is -2.03. The number of ketones is 1. The van der Waals surface area contributed by atoms with E-state index >= 15 is 0 Å². The van der Waals surface area contributed by atoms with Crippen molar-refractivity contribution < 1.29 is 4.79 Å². The van der Waals surface area contributed by atoms with E-state index in [1.807, 2.05) is 32.0 Å². The van der Waals surface area contributed by atoms with Crippen LogP contribution in [0, 0.1) is 13.8 Å². The van der Waals surface area contributed by atoms with E-state index in [2.05, 4.69) is 4.98 Å². The summed E-state index contributed by atoms with van der Waals surface area (Å²) in [5, 5.41) is 3.34. The predicted octanol–water partition coefficient (Wildman–Crippen LogP) is 3.84. The normalized spacial score (nSPS) is 10.5. The molecule has 0 saturated heterocycles. The Kier molecular flexibility index (Phi) is 3.60. The maximum atomic E-state index is 12.0. The minimum atomic E-state index is 0.0140. The summed E-state index contributed by atoms with van der Waals surface area (Å²) in [5.74, 6) is 0.0140. The molecule has 2 rings (SSSR count). The van der Waals surface area contributed by atoms with Crippen molar-refractivity contribution in [3.05, 3.63) is 50.4 Å². The van der Waals surface area contributed by atoms with Crippen molar-refractivity contribution in [3.8, 4) is 0 Å². The number of nitrogens with zero attached hydrogens (tertiary/aromatic N) is 1. The highest BCUT2D eigenvalue weighted by atomic mass is 35.5. The number of carbonyl (C=O) groups is 1. The van der Waals surface area contributed by atoms with Crippen molar-refractivity contribution in [1.82, 2.24) is 4.98 Å². The van der Waals surface area contributed by atoms with Gasteiger partial charge in [0, 0.05) is 16.8 Å². The van der Waals surface area contributed by atoms with Crippen LogP contribution >= 0.6 is 22.9 Å². The molecule has 0 bridgehead atoms. The lowest BCUT2D eigenvalue weighted by molar-refractivity contribution is 0.0989. The van der Waals surface area contributed by atoms with Gasteiger partial charge in [-0.2, -0.15) is 0 Å². The van der Waals surface area contributed by atoms with Crippen LogP contribution in [0.3, 0.4) is 0 Å². The average Bonchev–Trinajstić information content (AvgIpc) is 2.69. The molecule has 0 saturated carbocycles. The summed E-state index contributed by atoms with van der Waals surface area (Å²) in [6.45, 7) is 3.86. The number of aromatic nitrogens is 1. The van der Waals surface area contributed by atoms with Crippen LogP contribution in [0.2, 0.25) is 5.02 Å². The molecule has 0 spiro atoms. The minimum absolute atomic E-state index is 0.0140. The number of hydrogen-bond donors (Lipinski definition) is 0. The molecule has 2 nitrogen and oxygen atoms in total. The Hall–Kier alpha value is -1.19. The van der Waals surface area contributed by atoms with Gasteiger partial charge in [-0.3, -0.25) is 4.79 Å². The third-order valence-corrected chi connectivity index (χ3v) is 3.59. The minimum Gasteiger partial charge on any atom is -0.292 e. The molecule has 0 fully saturated rings. The van der Waals surface area contributed by atoms with Gasteiger partial charge < -0.3 is 0 Å². The number of benzene rings is 1. The summed E-state index contributed by atoms with van der Waals surface area (Å²) < 4.78 is 0. The van der Waals surface area contributed by atoms with Crippen molar-refractivity contribution in [2.45, 2.75) is 20.3 Å². The first kappa shape index (κ1) is 12.3.